The fourth-order valence-electron chi connectivity index (χ4n) is 3.28. The number of fused-ring (bicyclic) bond motifs is 2. The summed E-state index contributed by atoms with van der Waals surface area (Å²) in [5, 5.41) is 3.32. The Bertz CT molecular complexity index is 1020. The summed E-state index contributed by atoms with van der Waals surface area (Å²) in [4.78, 5) is 25.0. The molecular weight excluding hydrogens is 390 g/mol. The fraction of sp³-hybridized carbons (Fsp3) is 0.130. The molecule has 1 aliphatic rings. The Labute approximate surface area is 173 Å². The van der Waals surface area contributed by atoms with Crippen LogP contribution in [0.2, 0.25) is 5.02 Å². The summed E-state index contributed by atoms with van der Waals surface area (Å²) in [6.07, 6.45) is 0. The van der Waals surface area contributed by atoms with Crippen LogP contribution in [-0.2, 0) is 20.9 Å². The highest BCUT2D eigenvalue weighted by Crippen LogP contribution is 2.44. The van der Waals surface area contributed by atoms with Crippen molar-refractivity contribution in [1.29, 1.82) is 0 Å². The topological polar surface area (TPSA) is 64.6 Å². The molecule has 0 radical (unpaired) electrons. The molecular formula is C23H18ClNO4. The van der Waals surface area contributed by atoms with Crippen molar-refractivity contribution in [3.05, 3.63) is 94.5 Å². The molecule has 1 amide bonds. The van der Waals surface area contributed by atoms with Crippen LogP contribution in [0.3, 0.4) is 0 Å². The van der Waals surface area contributed by atoms with E-state index in [1.807, 2.05) is 60.7 Å². The summed E-state index contributed by atoms with van der Waals surface area (Å²) in [7, 11) is 0. The van der Waals surface area contributed by atoms with E-state index in [0.29, 0.717) is 23.1 Å². The monoisotopic (exact) mass is 407 g/mol. The number of hydrogen-bond donors (Lipinski definition) is 1. The van der Waals surface area contributed by atoms with E-state index < -0.39 is 11.9 Å². The number of carbonyl (C=O) groups excluding carboxylic acids is 2. The Morgan fingerprint density at radius 3 is 2.24 bits per heavy atom. The molecule has 1 aliphatic heterocycles. The summed E-state index contributed by atoms with van der Waals surface area (Å²) in [6, 6.07) is 21.8. The third kappa shape index (κ3) is 4.25. The first-order valence-electron chi connectivity index (χ1n) is 9.15. The van der Waals surface area contributed by atoms with Gasteiger partial charge in [-0.3, -0.25) is 9.59 Å². The van der Waals surface area contributed by atoms with Gasteiger partial charge >= 0.3 is 5.97 Å². The van der Waals surface area contributed by atoms with Crippen LogP contribution in [0.1, 0.15) is 22.6 Å². The van der Waals surface area contributed by atoms with Crippen LogP contribution in [-0.4, -0.2) is 18.5 Å². The number of rotatable bonds is 5. The maximum absolute atomic E-state index is 12.9. The van der Waals surface area contributed by atoms with Gasteiger partial charge in [-0.2, -0.15) is 0 Å². The summed E-state index contributed by atoms with van der Waals surface area (Å²) < 4.78 is 11.2. The maximum atomic E-state index is 12.9. The Balaban J connectivity index is 1.43. The third-order valence-electron chi connectivity index (χ3n) is 4.64. The average molecular weight is 408 g/mol. The second-order valence-corrected chi connectivity index (χ2v) is 7.06. The molecule has 3 aromatic rings. The minimum absolute atomic E-state index is 0.305. The lowest BCUT2D eigenvalue weighted by Crippen LogP contribution is -2.30. The van der Waals surface area contributed by atoms with E-state index in [1.54, 1.807) is 12.1 Å². The number of amides is 1. The van der Waals surface area contributed by atoms with Gasteiger partial charge in [0.2, 0.25) is 0 Å². The summed E-state index contributed by atoms with van der Waals surface area (Å²) >= 11 is 5.94. The molecule has 0 bridgehead atoms. The van der Waals surface area contributed by atoms with Gasteiger partial charge in [-0.25, -0.2) is 0 Å². The van der Waals surface area contributed by atoms with Gasteiger partial charge in [0, 0.05) is 22.7 Å². The summed E-state index contributed by atoms with van der Waals surface area (Å²) in [5.74, 6) is -0.299. The van der Waals surface area contributed by atoms with Gasteiger partial charge in [0.05, 0.1) is 0 Å². The van der Waals surface area contributed by atoms with Crippen LogP contribution in [0.4, 0.5) is 0 Å². The first kappa shape index (κ1) is 19.0. The van der Waals surface area contributed by atoms with Crippen molar-refractivity contribution in [2.75, 3.05) is 6.61 Å². The molecule has 0 spiro atoms. The largest absolute Gasteiger partial charge is 0.457 e. The molecule has 0 saturated heterocycles. The summed E-state index contributed by atoms with van der Waals surface area (Å²) in [6.45, 7) is -0.0546. The number of nitrogens with one attached hydrogen (secondary N) is 1. The number of esters is 1. The Kier molecular flexibility index (Phi) is 5.49. The summed E-state index contributed by atoms with van der Waals surface area (Å²) in [5.41, 5.74) is 2.30. The minimum Gasteiger partial charge on any atom is -0.457 e. The van der Waals surface area contributed by atoms with Crippen molar-refractivity contribution in [2.45, 2.75) is 12.5 Å². The number of hydrogen-bond acceptors (Lipinski definition) is 4. The number of carbonyl (C=O) groups is 2. The first-order chi connectivity index (χ1) is 14.1. The number of benzene rings is 3. The van der Waals surface area contributed by atoms with Crippen LogP contribution in [0, 0.1) is 0 Å². The zero-order valence-electron chi connectivity index (χ0n) is 15.4. The molecule has 3 aromatic carbocycles. The quantitative estimate of drug-likeness (QED) is 0.635. The first-order valence-corrected chi connectivity index (χ1v) is 9.53. The van der Waals surface area contributed by atoms with Crippen molar-refractivity contribution < 1.29 is 19.1 Å². The molecule has 6 heteroatoms. The Morgan fingerprint density at radius 1 is 0.931 bits per heavy atom. The molecule has 0 fully saturated rings. The van der Waals surface area contributed by atoms with E-state index in [4.69, 9.17) is 21.1 Å². The lowest BCUT2D eigenvalue weighted by Gasteiger charge is -2.26. The van der Waals surface area contributed by atoms with Gasteiger partial charge in [0.25, 0.3) is 5.91 Å². The smallest absolute Gasteiger partial charge is 0.318 e. The van der Waals surface area contributed by atoms with Crippen LogP contribution in [0.25, 0.3) is 0 Å². The maximum Gasteiger partial charge on any atom is 0.318 e. The molecule has 4 rings (SSSR count). The fourth-order valence-corrected chi connectivity index (χ4v) is 3.50. The van der Waals surface area contributed by atoms with Gasteiger partial charge in [-0.15, -0.1) is 0 Å². The molecule has 146 valence electrons. The predicted octanol–water partition coefficient (Wildman–Crippen LogP) is 4.44. The Hall–Kier alpha value is -3.31. The van der Waals surface area contributed by atoms with Crippen LogP contribution in [0.15, 0.2) is 72.8 Å². The van der Waals surface area contributed by atoms with E-state index >= 15 is 0 Å². The van der Waals surface area contributed by atoms with Gasteiger partial charge < -0.3 is 14.8 Å². The van der Waals surface area contributed by atoms with Crippen LogP contribution in [0.5, 0.6) is 11.5 Å². The number of ether oxygens (including phenoxy) is 2. The minimum atomic E-state index is -0.642. The number of para-hydroxylation sites is 2. The lowest BCUT2D eigenvalue weighted by molar-refractivity contribution is -0.149. The molecule has 29 heavy (non-hydrogen) atoms. The van der Waals surface area contributed by atoms with Crippen LogP contribution < -0.4 is 10.1 Å². The highest BCUT2D eigenvalue weighted by atomic mass is 35.5. The van der Waals surface area contributed by atoms with Gasteiger partial charge in [0.1, 0.15) is 17.4 Å². The van der Waals surface area contributed by atoms with Gasteiger partial charge in [0.15, 0.2) is 6.61 Å². The Morgan fingerprint density at radius 2 is 1.59 bits per heavy atom. The van der Waals surface area contributed by atoms with E-state index in [2.05, 4.69) is 5.32 Å². The second kappa shape index (κ2) is 8.37. The highest BCUT2D eigenvalue weighted by molar-refractivity contribution is 6.30. The zero-order chi connectivity index (χ0) is 20.2. The second-order valence-electron chi connectivity index (χ2n) is 6.63. The van der Waals surface area contributed by atoms with Crippen molar-refractivity contribution >= 4 is 23.5 Å². The zero-order valence-corrected chi connectivity index (χ0v) is 16.2. The molecule has 1 N–H and O–H groups in total. The molecule has 0 atom stereocenters. The molecule has 0 aliphatic carbocycles. The molecule has 0 unspecified atom stereocenters. The van der Waals surface area contributed by atoms with E-state index in [0.717, 1.165) is 16.7 Å². The van der Waals surface area contributed by atoms with Gasteiger partial charge in [-0.1, -0.05) is 60.1 Å². The van der Waals surface area contributed by atoms with E-state index in [1.165, 1.54) is 0 Å². The van der Waals surface area contributed by atoms with Crippen molar-refractivity contribution in [3.8, 4) is 11.5 Å². The standard InChI is InChI=1S/C23H18ClNO4/c24-16-7-5-6-15(12-16)13-25-21(26)14-28-23(27)22-17-8-1-3-10-19(17)29-20-11-4-2-9-18(20)22/h1-12,22H,13-14H2,(H,25,26). The SMILES string of the molecule is O=C(COC(=O)C1c2ccccc2Oc2ccccc21)NCc1cccc(Cl)c1. The number of halogens is 1. The van der Waals surface area contributed by atoms with Crippen LogP contribution >= 0.6 is 11.6 Å². The molecule has 1 heterocycles. The van der Waals surface area contributed by atoms with Gasteiger partial charge in [-0.05, 0) is 29.8 Å². The normalized spacial score (nSPS) is 12.3. The van der Waals surface area contributed by atoms with Crippen molar-refractivity contribution in [3.63, 3.8) is 0 Å². The van der Waals surface area contributed by atoms with E-state index in [-0.39, 0.29) is 12.5 Å². The van der Waals surface area contributed by atoms with E-state index in [9.17, 15) is 9.59 Å². The molecule has 0 saturated carbocycles. The lowest BCUT2D eigenvalue weighted by atomic mass is 9.88. The molecule has 0 aromatic heterocycles. The molecule has 5 nitrogen and oxygen atoms in total. The predicted molar refractivity (Wildman–Crippen MR) is 109 cm³/mol. The van der Waals surface area contributed by atoms with Crippen molar-refractivity contribution in [1.82, 2.24) is 5.32 Å². The average Bonchev–Trinajstić information content (AvgIpc) is 2.74. The highest BCUT2D eigenvalue weighted by Gasteiger charge is 2.33. The van der Waals surface area contributed by atoms with Crippen molar-refractivity contribution in [2.24, 2.45) is 0 Å². The third-order valence-corrected chi connectivity index (χ3v) is 4.87.